The van der Waals surface area contributed by atoms with Crippen molar-refractivity contribution in [2.75, 3.05) is 12.4 Å². The molecule has 2 unspecified atom stereocenters. The molecule has 2 atom stereocenters. The molecule has 0 amide bonds. The normalized spacial score (nSPS) is 23.1. The van der Waals surface area contributed by atoms with Crippen LogP contribution in [0.5, 0.6) is 5.75 Å². The van der Waals surface area contributed by atoms with E-state index in [1.807, 2.05) is 0 Å². The minimum atomic E-state index is -0.374. The highest BCUT2D eigenvalue weighted by molar-refractivity contribution is 5.50. The van der Waals surface area contributed by atoms with Crippen LogP contribution in [0, 0.1) is 23.1 Å². The molecule has 0 saturated heterocycles. The summed E-state index contributed by atoms with van der Waals surface area (Å²) in [4.78, 5) is 0. The van der Waals surface area contributed by atoms with Gasteiger partial charge in [0, 0.05) is 17.8 Å². The second-order valence-electron chi connectivity index (χ2n) is 4.27. The summed E-state index contributed by atoms with van der Waals surface area (Å²) >= 11 is 0. The average molecular weight is 234 g/mol. The number of hydrogen-bond donors (Lipinski definition) is 1. The van der Waals surface area contributed by atoms with Crippen LogP contribution < -0.4 is 10.1 Å². The highest BCUT2D eigenvalue weighted by atomic mass is 19.1. The van der Waals surface area contributed by atoms with Gasteiger partial charge in [-0.05, 0) is 31.4 Å². The molecule has 1 aliphatic carbocycles. The van der Waals surface area contributed by atoms with Crippen molar-refractivity contribution in [3.05, 3.63) is 24.0 Å². The maximum Gasteiger partial charge on any atom is 0.165 e. The number of methoxy groups -OCH3 is 1. The molecule has 1 fully saturated rings. The highest BCUT2D eigenvalue weighted by Gasteiger charge is 2.26. The van der Waals surface area contributed by atoms with E-state index in [2.05, 4.69) is 11.4 Å². The standard InChI is InChI=1S/C13H15FN2O/c1-17-13-7-10(5-6-11(13)14)16-12-4-2-3-9(12)8-15/h5-7,9,12,16H,2-4H2,1H3. The number of ether oxygens (including phenoxy) is 1. The van der Waals surface area contributed by atoms with Gasteiger partial charge in [-0.25, -0.2) is 4.39 Å². The Morgan fingerprint density at radius 3 is 3.00 bits per heavy atom. The van der Waals surface area contributed by atoms with E-state index in [0.29, 0.717) is 0 Å². The van der Waals surface area contributed by atoms with Crippen LogP contribution >= 0.6 is 0 Å². The Morgan fingerprint density at radius 1 is 1.47 bits per heavy atom. The maximum absolute atomic E-state index is 13.2. The minimum absolute atomic E-state index is 0.0473. The first kappa shape index (κ1) is 11.7. The van der Waals surface area contributed by atoms with Gasteiger partial charge < -0.3 is 10.1 Å². The molecule has 0 aromatic heterocycles. The van der Waals surface area contributed by atoms with E-state index in [1.165, 1.54) is 13.2 Å². The summed E-state index contributed by atoms with van der Waals surface area (Å²) < 4.78 is 18.1. The SMILES string of the molecule is COc1cc(NC2CCCC2C#N)ccc1F. The Balaban J connectivity index is 2.11. The highest BCUT2D eigenvalue weighted by Crippen LogP contribution is 2.29. The van der Waals surface area contributed by atoms with Crippen molar-refractivity contribution in [2.24, 2.45) is 5.92 Å². The first-order valence-electron chi connectivity index (χ1n) is 5.74. The third-order valence-corrected chi connectivity index (χ3v) is 3.18. The molecule has 2 rings (SSSR count). The van der Waals surface area contributed by atoms with Crippen LogP contribution in [0.2, 0.25) is 0 Å². The lowest BCUT2D eigenvalue weighted by molar-refractivity contribution is 0.386. The van der Waals surface area contributed by atoms with Gasteiger partial charge in [0.25, 0.3) is 0 Å². The first-order chi connectivity index (χ1) is 8.24. The van der Waals surface area contributed by atoms with E-state index >= 15 is 0 Å². The number of anilines is 1. The van der Waals surface area contributed by atoms with Gasteiger partial charge in [0.2, 0.25) is 0 Å². The van der Waals surface area contributed by atoms with Gasteiger partial charge in [-0.1, -0.05) is 0 Å². The van der Waals surface area contributed by atoms with Crippen LogP contribution in [-0.4, -0.2) is 13.2 Å². The van der Waals surface area contributed by atoms with Crippen LogP contribution in [0.25, 0.3) is 0 Å². The monoisotopic (exact) mass is 234 g/mol. The second-order valence-corrected chi connectivity index (χ2v) is 4.27. The number of benzene rings is 1. The van der Waals surface area contributed by atoms with Crippen LogP contribution in [0.15, 0.2) is 18.2 Å². The topological polar surface area (TPSA) is 45.0 Å². The lowest BCUT2D eigenvalue weighted by atomic mass is 10.1. The summed E-state index contributed by atoms with van der Waals surface area (Å²) in [6, 6.07) is 7.14. The Hall–Kier alpha value is -1.76. The molecule has 0 radical (unpaired) electrons. The zero-order valence-corrected chi connectivity index (χ0v) is 9.74. The largest absolute Gasteiger partial charge is 0.494 e. The van der Waals surface area contributed by atoms with Gasteiger partial charge in [-0.2, -0.15) is 5.26 Å². The fourth-order valence-electron chi connectivity index (χ4n) is 2.25. The molecule has 1 N–H and O–H groups in total. The van der Waals surface area contributed by atoms with Crippen molar-refractivity contribution < 1.29 is 9.13 Å². The van der Waals surface area contributed by atoms with Gasteiger partial charge in [-0.15, -0.1) is 0 Å². The van der Waals surface area contributed by atoms with E-state index in [9.17, 15) is 4.39 Å². The lowest BCUT2D eigenvalue weighted by Crippen LogP contribution is -2.22. The number of nitrogens with one attached hydrogen (secondary N) is 1. The molecule has 1 aliphatic rings. The molecule has 17 heavy (non-hydrogen) atoms. The molecule has 1 aromatic rings. The zero-order valence-electron chi connectivity index (χ0n) is 9.74. The predicted molar refractivity (Wildman–Crippen MR) is 63.3 cm³/mol. The Labute approximate surface area is 100 Å². The number of nitrogens with zero attached hydrogens (tertiary/aromatic N) is 1. The Morgan fingerprint density at radius 2 is 2.29 bits per heavy atom. The minimum Gasteiger partial charge on any atom is -0.494 e. The maximum atomic E-state index is 13.2. The van der Waals surface area contributed by atoms with Crippen LogP contribution in [0.4, 0.5) is 10.1 Å². The summed E-state index contributed by atoms with van der Waals surface area (Å²) in [6.07, 6.45) is 2.98. The van der Waals surface area contributed by atoms with Gasteiger partial charge in [0.05, 0.1) is 19.1 Å². The molecule has 0 heterocycles. The summed E-state index contributed by atoms with van der Waals surface area (Å²) in [5.74, 6) is -0.103. The smallest absolute Gasteiger partial charge is 0.165 e. The number of nitriles is 1. The fourth-order valence-corrected chi connectivity index (χ4v) is 2.25. The number of rotatable bonds is 3. The molecule has 1 saturated carbocycles. The lowest BCUT2D eigenvalue weighted by Gasteiger charge is -2.17. The van der Waals surface area contributed by atoms with Gasteiger partial charge in [-0.3, -0.25) is 0 Å². The van der Waals surface area contributed by atoms with Gasteiger partial charge >= 0.3 is 0 Å². The second kappa shape index (κ2) is 5.05. The fraction of sp³-hybridized carbons (Fsp3) is 0.462. The van der Waals surface area contributed by atoms with Crippen molar-refractivity contribution in [1.29, 1.82) is 5.26 Å². The van der Waals surface area contributed by atoms with Crippen LogP contribution in [0.1, 0.15) is 19.3 Å². The molecule has 0 bridgehead atoms. The van der Waals surface area contributed by atoms with E-state index in [1.54, 1.807) is 12.1 Å². The van der Waals surface area contributed by atoms with Crippen LogP contribution in [0.3, 0.4) is 0 Å². The predicted octanol–water partition coefficient (Wildman–Crippen LogP) is 2.94. The molecule has 0 aliphatic heterocycles. The van der Waals surface area contributed by atoms with Crippen LogP contribution in [-0.2, 0) is 0 Å². The van der Waals surface area contributed by atoms with Crippen molar-refractivity contribution in [3.63, 3.8) is 0 Å². The van der Waals surface area contributed by atoms with E-state index < -0.39 is 0 Å². The van der Waals surface area contributed by atoms with E-state index in [-0.39, 0.29) is 23.5 Å². The van der Waals surface area contributed by atoms with E-state index in [4.69, 9.17) is 10.00 Å². The van der Waals surface area contributed by atoms with Gasteiger partial charge in [0.15, 0.2) is 11.6 Å². The average Bonchev–Trinajstić information content (AvgIpc) is 2.79. The van der Waals surface area contributed by atoms with Crippen molar-refractivity contribution in [3.8, 4) is 11.8 Å². The third kappa shape index (κ3) is 2.50. The van der Waals surface area contributed by atoms with Crippen molar-refractivity contribution in [1.82, 2.24) is 0 Å². The number of halogens is 1. The molecule has 90 valence electrons. The van der Waals surface area contributed by atoms with E-state index in [0.717, 1.165) is 24.9 Å². The Bertz CT molecular complexity index is 442. The van der Waals surface area contributed by atoms with Crippen molar-refractivity contribution >= 4 is 5.69 Å². The molecular formula is C13H15FN2O. The van der Waals surface area contributed by atoms with Crippen molar-refractivity contribution in [2.45, 2.75) is 25.3 Å². The summed E-state index contributed by atoms with van der Waals surface area (Å²) in [5, 5.41) is 12.3. The van der Waals surface area contributed by atoms with Gasteiger partial charge in [0.1, 0.15) is 0 Å². The molecule has 1 aromatic carbocycles. The summed E-state index contributed by atoms with van der Waals surface area (Å²) in [7, 11) is 1.44. The summed E-state index contributed by atoms with van der Waals surface area (Å²) in [5.41, 5.74) is 0.801. The molecular weight excluding hydrogens is 219 g/mol. The zero-order chi connectivity index (χ0) is 12.3. The Kier molecular flexibility index (Phi) is 3.48. The first-order valence-corrected chi connectivity index (χ1v) is 5.74. The molecule has 4 heteroatoms. The number of hydrogen-bond acceptors (Lipinski definition) is 3. The quantitative estimate of drug-likeness (QED) is 0.874. The molecule has 0 spiro atoms. The molecule has 3 nitrogen and oxygen atoms in total. The summed E-state index contributed by atoms with van der Waals surface area (Å²) in [6.45, 7) is 0. The third-order valence-electron chi connectivity index (χ3n) is 3.18.